The number of halogens is 4. The average Bonchev–Trinajstić information content (AvgIpc) is 2.63. The van der Waals surface area contributed by atoms with E-state index in [4.69, 9.17) is 16.3 Å². The Balaban J connectivity index is 1.99. The predicted octanol–water partition coefficient (Wildman–Crippen LogP) is 6.61. The molecule has 0 fully saturated rings. The summed E-state index contributed by atoms with van der Waals surface area (Å²) in [5.41, 5.74) is -0.509. The van der Waals surface area contributed by atoms with Crippen molar-refractivity contribution in [3.63, 3.8) is 0 Å². The molecule has 0 aliphatic heterocycles. The van der Waals surface area contributed by atoms with Crippen LogP contribution in [0.2, 0.25) is 5.02 Å². The van der Waals surface area contributed by atoms with Gasteiger partial charge in [0, 0.05) is 16.8 Å². The summed E-state index contributed by atoms with van der Waals surface area (Å²) in [6.45, 7) is 0. The van der Waals surface area contributed by atoms with Crippen molar-refractivity contribution in [3.05, 3.63) is 82.9 Å². The van der Waals surface area contributed by atoms with E-state index < -0.39 is 11.7 Å². The van der Waals surface area contributed by atoms with Crippen molar-refractivity contribution in [2.24, 2.45) is 4.99 Å². The maximum absolute atomic E-state index is 13.1. The summed E-state index contributed by atoms with van der Waals surface area (Å²) < 4.78 is 44.8. The van der Waals surface area contributed by atoms with Gasteiger partial charge < -0.3 is 9.84 Å². The molecule has 27 heavy (non-hydrogen) atoms. The van der Waals surface area contributed by atoms with Crippen LogP contribution in [-0.4, -0.2) is 11.3 Å². The molecule has 0 aromatic heterocycles. The summed E-state index contributed by atoms with van der Waals surface area (Å²) in [7, 11) is 0. The van der Waals surface area contributed by atoms with Crippen molar-refractivity contribution in [2.75, 3.05) is 0 Å². The Morgan fingerprint density at radius 2 is 1.67 bits per heavy atom. The van der Waals surface area contributed by atoms with Crippen molar-refractivity contribution in [3.8, 4) is 17.2 Å². The van der Waals surface area contributed by atoms with Gasteiger partial charge in [-0.2, -0.15) is 13.2 Å². The number of aliphatic imine (C=N–C) groups is 1. The van der Waals surface area contributed by atoms with Crippen molar-refractivity contribution in [1.29, 1.82) is 0 Å². The summed E-state index contributed by atoms with van der Waals surface area (Å²) in [4.78, 5) is 4.09. The van der Waals surface area contributed by atoms with E-state index in [0.29, 0.717) is 16.3 Å². The van der Waals surface area contributed by atoms with Crippen LogP contribution in [0.5, 0.6) is 17.2 Å². The van der Waals surface area contributed by atoms with Crippen LogP contribution in [0.3, 0.4) is 0 Å². The molecule has 7 heteroatoms. The first-order chi connectivity index (χ1) is 12.8. The minimum atomic E-state index is -4.52. The number of rotatable bonds is 4. The molecule has 0 saturated carbocycles. The van der Waals surface area contributed by atoms with Crippen LogP contribution in [0.15, 0.2) is 71.7 Å². The Hall–Kier alpha value is -2.99. The zero-order valence-corrected chi connectivity index (χ0v) is 14.5. The van der Waals surface area contributed by atoms with Gasteiger partial charge in [0.2, 0.25) is 0 Å². The molecule has 3 rings (SSSR count). The molecule has 3 aromatic rings. The van der Waals surface area contributed by atoms with Crippen LogP contribution in [-0.2, 0) is 6.18 Å². The van der Waals surface area contributed by atoms with Crippen LogP contribution >= 0.6 is 11.6 Å². The summed E-state index contributed by atoms with van der Waals surface area (Å²) in [5.74, 6) is 0.503. The fraction of sp³-hybridized carbons (Fsp3) is 0.0500. The lowest BCUT2D eigenvalue weighted by molar-refractivity contribution is -0.137. The van der Waals surface area contributed by atoms with Gasteiger partial charge in [0.05, 0.1) is 5.56 Å². The third-order valence-electron chi connectivity index (χ3n) is 3.61. The number of nitrogens with zero attached hydrogens (tertiary/aromatic N) is 1. The monoisotopic (exact) mass is 391 g/mol. The van der Waals surface area contributed by atoms with E-state index in [2.05, 4.69) is 4.99 Å². The lowest BCUT2D eigenvalue weighted by Crippen LogP contribution is -2.04. The number of hydrogen-bond donors (Lipinski definition) is 1. The maximum Gasteiger partial charge on any atom is 0.416 e. The molecule has 0 heterocycles. The molecule has 0 bridgehead atoms. The lowest BCUT2D eigenvalue weighted by atomic mass is 10.1. The zero-order valence-electron chi connectivity index (χ0n) is 13.7. The van der Waals surface area contributed by atoms with Gasteiger partial charge in [0.1, 0.15) is 17.2 Å². The first-order valence-electron chi connectivity index (χ1n) is 7.80. The number of aromatic hydroxyl groups is 1. The highest BCUT2D eigenvalue weighted by molar-refractivity contribution is 6.30. The SMILES string of the molecule is Oc1ccccc1C=Nc1cc(C(F)(F)F)ccc1Oc1ccc(Cl)cc1. The number of ether oxygens (including phenoxy) is 1. The van der Waals surface area contributed by atoms with Gasteiger partial charge in [-0.05, 0) is 54.6 Å². The average molecular weight is 392 g/mol. The topological polar surface area (TPSA) is 41.8 Å². The maximum atomic E-state index is 13.1. The van der Waals surface area contributed by atoms with Crippen LogP contribution in [0, 0.1) is 0 Å². The number of phenolic OH excluding ortho intramolecular Hbond substituents is 1. The second-order valence-corrected chi connectivity index (χ2v) is 5.99. The summed E-state index contributed by atoms with van der Waals surface area (Å²) in [6.07, 6.45) is -3.24. The van der Waals surface area contributed by atoms with Gasteiger partial charge in [0.25, 0.3) is 0 Å². The van der Waals surface area contributed by atoms with E-state index >= 15 is 0 Å². The standard InChI is InChI=1S/C20H13ClF3NO2/c21-15-6-8-16(9-7-15)27-19-10-5-14(20(22,23)24)11-17(19)25-12-13-3-1-2-4-18(13)26/h1-12,26H. The Kier molecular flexibility index (Phi) is 5.37. The van der Waals surface area contributed by atoms with E-state index in [1.807, 2.05) is 0 Å². The normalized spacial score (nSPS) is 11.7. The van der Waals surface area contributed by atoms with E-state index in [-0.39, 0.29) is 17.2 Å². The fourth-order valence-electron chi connectivity index (χ4n) is 2.25. The van der Waals surface area contributed by atoms with Gasteiger partial charge in [-0.3, -0.25) is 4.99 Å². The minimum absolute atomic E-state index is 0.0250. The Morgan fingerprint density at radius 3 is 2.33 bits per heavy atom. The summed E-state index contributed by atoms with van der Waals surface area (Å²) in [6, 6.07) is 15.8. The molecule has 0 atom stereocenters. The molecular weight excluding hydrogens is 379 g/mol. The molecule has 1 N–H and O–H groups in total. The second kappa shape index (κ2) is 7.72. The number of benzene rings is 3. The third-order valence-corrected chi connectivity index (χ3v) is 3.86. The van der Waals surface area contributed by atoms with E-state index in [9.17, 15) is 18.3 Å². The van der Waals surface area contributed by atoms with Crippen molar-refractivity contribution in [1.82, 2.24) is 0 Å². The highest BCUT2D eigenvalue weighted by atomic mass is 35.5. The lowest BCUT2D eigenvalue weighted by Gasteiger charge is -2.12. The number of alkyl halides is 3. The highest BCUT2D eigenvalue weighted by Crippen LogP contribution is 2.38. The van der Waals surface area contributed by atoms with Crippen LogP contribution in [0.25, 0.3) is 0 Å². The molecule has 3 aromatic carbocycles. The predicted molar refractivity (Wildman–Crippen MR) is 98.3 cm³/mol. The zero-order chi connectivity index (χ0) is 19.4. The molecule has 0 unspecified atom stereocenters. The Labute approximate surface area is 158 Å². The van der Waals surface area contributed by atoms with Crippen molar-refractivity contribution >= 4 is 23.5 Å². The van der Waals surface area contributed by atoms with E-state index in [1.165, 1.54) is 18.3 Å². The van der Waals surface area contributed by atoms with Crippen molar-refractivity contribution < 1.29 is 23.0 Å². The molecule has 0 aliphatic carbocycles. The molecule has 0 amide bonds. The molecule has 0 aliphatic rings. The largest absolute Gasteiger partial charge is 0.507 e. The first-order valence-corrected chi connectivity index (χ1v) is 8.17. The Bertz CT molecular complexity index is 970. The molecule has 0 saturated heterocycles. The third kappa shape index (κ3) is 4.80. The summed E-state index contributed by atoms with van der Waals surface area (Å²) in [5, 5.41) is 10.3. The van der Waals surface area contributed by atoms with Crippen LogP contribution in [0.1, 0.15) is 11.1 Å². The number of hydrogen-bond acceptors (Lipinski definition) is 3. The van der Waals surface area contributed by atoms with E-state index in [1.54, 1.807) is 42.5 Å². The molecule has 0 radical (unpaired) electrons. The fourth-order valence-corrected chi connectivity index (χ4v) is 2.37. The molecular formula is C20H13ClF3NO2. The number of para-hydroxylation sites is 1. The van der Waals surface area contributed by atoms with E-state index in [0.717, 1.165) is 12.1 Å². The van der Waals surface area contributed by atoms with Crippen LogP contribution in [0.4, 0.5) is 18.9 Å². The molecule has 3 nitrogen and oxygen atoms in total. The van der Waals surface area contributed by atoms with Gasteiger partial charge in [0.15, 0.2) is 5.75 Å². The Morgan fingerprint density at radius 1 is 0.963 bits per heavy atom. The summed E-state index contributed by atoms with van der Waals surface area (Å²) >= 11 is 5.82. The quantitative estimate of drug-likeness (QED) is 0.508. The van der Waals surface area contributed by atoms with Gasteiger partial charge in [-0.15, -0.1) is 0 Å². The van der Waals surface area contributed by atoms with Crippen LogP contribution < -0.4 is 4.74 Å². The minimum Gasteiger partial charge on any atom is -0.507 e. The van der Waals surface area contributed by atoms with Gasteiger partial charge in [-0.1, -0.05) is 23.7 Å². The number of phenols is 1. The van der Waals surface area contributed by atoms with Gasteiger partial charge in [-0.25, -0.2) is 0 Å². The highest BCUT2D eigenvalue weighted by Gasteiger charge is 2.31. The van der Waals surface area contributed by atoms with Gasteiger partial charge >= 0.3 is 6.18 Å². The molecule has 0 spiro atoms. The van der Waals surface area contributed by atoms with Crippen molar-refractivity contribution in [2.45, 2.75) is 6.18 Å². The smallest absolute Gasteiger partial charge is 0.416 e. The second-order valence-electron chi connectivity index (χ2n) is 5.55. The molecule has 138 valence electrons. The first kappa shape index (κ1) is 18.8.